The molecule has 1 unspecified atom stereocenters. The Hall–Kier alpha value is -2.42. The third-order valence-electron chi connectivity index (χ3n) is 3.09. The molecule has 152 valence electrons. The van der Waals surface area contributed by atoms with E-state index >= 15 is 0 Å². The van der Waals surface area contributed by atoms with Gasteiger partial charge in [0.25, 0.3) is 0 Å². The third-order valence-corrected chi connectivity index (χ3v) is 3.09. The molecule has 27 heavy (non-hydrogen) atoms. The van der Waals surface area contributed by atoms with Gasteiger partial charge in [-0.05, 0) is 24.1 Å². The Labute approximate surface area is 159 Å². The number of hydrogen-bond donors (Lipinski definition) is 4. The van der Waals surface area contributed by atoms with Gasteiger partial charge in [0.1, 0.15) is 18.5 Å². The molecule has 0 spiro atoms. The van der Waals surface area contributed by atoms with Gasteiger partial charge in [0.15, 0.2) is 0 Å². The van der Waals surface area contributed by atoms with E-state index in [1.54, 1.807) is 7.11 Å². The number of carbonyl (C=O) groups is 2. The predicted molar refractivity (Wildman–Crippen MR) is 101 cm³/mol. The van der Waals surface area contributed by atoms with Crippen LogP contribution in [0.25, 0.3) is 0 Å². The van der Waals surface area contributed by atoms with E-state index in [2.05, 4.69) is 5.32 Å². The highest BCUT2D eigenvalue weighted by Crippen LogP contribution is 2.12. The molecule has 0 aliphatic rings. The van der Waals surface area contributed by atoms with Crippen molar-refractivity contribution in [2.75, 3.05) is 26.9 Å². The molecule has 1 rings (SSSR count). The van der Waals surface area contributed by atoms with Crippen LogP contribution >= 0.6 is 0 Å². The number of nitrogens with one attached hydrogen (secondary N) is 1. The molecule has 0 saturated carbocycles. The molecular weight excluding hydrogens is 354 g/mol. The minimum atomic E-state index is -1.26. The van der Waals surface area contributed by atoms with Crippen molar-refractivity contribution in [3.8, 4) is 5.75 Å². The van der Waals surface area contributed by atoms with E-state index in [-0.39, 0.29) is 0 Å². The van der Waals surface area contributed by atoms with Crippen molar-refractivity contribution in [1.82, 2.24) is 5.32 Å². The second kappa shape index (κ2) is 14.7. The second-order valence-electron chi connectivity index (χ2n) is 5.92. The van der Waals surface area contributed by atoms with Gasteiger partial charge in [-0.2, -0.15) is 0 Å². The maximum Gasteiger partial charge on any atom is 0.328 e. The summed E-state index contributed by atoms with van der Waals surface area (Å²) in [5.74, 6) is -1.73. The Balaban J connectivity index is 0.000000713. The number of aliphatic hydroxyl groups is 1. The highest BCUT2D eigenvalue weighted by molar-refractivity contribution is 5.89. The molecule has 8 heteroatoms. The molecule has 1 aromatic carbocycles. The molecule has 0 saturated heterocycles. The molecule has 4 N–H and O–H groups in total. The summed E-state index contributed by atoms with van der Waals surface area (Å²) in [5, 5.41) is 28.5. The number of carboxylic acids is 2. The standard InChI is InChI=1S/C15H25NO3.C4H4O4/c1-12(2)16-10-14(17)11-19-15-6-4-13(5-7-15)8-9-18-3;5-3(6)1-2-4(7)8/h4-7,12,14,16-17H,8-11H2,1-3H3;1-2H,(H,5,6)(H,7,8)/b;2-1-. The summed E-state index contributed by atoms with van der Waals surface area (Å²) < 4.78 is 10.6. The number of rotatable bonds is 11. The summed E-state index contributed by atoms with van der Waals surface area (Å²) in [5.41, 5.74) is 1.22. The maximum absolute atomic E-state index is 9.73. The molecular formula is C19H29NO7. The van der Waals surface area contributed by atoms with Crippen molar-refractivity contribution in [2.24, 2.45) is 0 Å². The van der Waals surface area contributed by atoms with Crippen molar-refractivity contribution < 1.29 is 34.4 Å². The second-order valence-corrected chi connectivity index (χ2v) is 5.92. The Morgan fingerprint density at radius 2 is 1.67 bits per heavy atom. The van der Waals surface area contributed by atoms with Crippen LogP contribution in [-0.4, -0.2) is 66.3 Å². The van der Waals surface area contributed by atoms with Crippen molar-refractivity contribution in [1.29, 1.82) is 0 Å². The zero-order valence-corrected chi connectivity index (χ0v) is 15.9. The van der Waals surface area contributed by atoms with Crippen LogP contribution in [0.2, 0.25) is 0 Å². The van der Waals surface area contributed by atoms with E-state index in [9.17, 15) is 14.7 Å². The van der Waals surface area contributed by atoms with Crippen LogP contribution in [0.1, 0.15) is 19.4 Å². The first kappa shape index (κ1) is 24.6. The largest absolute Gasteiger partial charge is 0.491 e. The van der Waals surface area contributed by atoms with Crippen LogP contribution in [-0.2, 0) is 20.7 Å². The SMILES string of the molecule is COCCc1ccc(OCC(O)CNC(C)C)cc1.O=C(O)/C=C\C(=O)O. The predicted octanol–water partition coefficient (Wildman–Crippen LogP) is 1.32. The van der Waals surface area contributed by atoms with E-state index < -0.39 is 18.0 Å². The Morgan fingerprint density at radius 3 is 2.11 bits per heavy atom. The summed E-state index contributed by atoms with van der Waals surface area (Å²) in [4.78, 5) is 19.1. The van der Waals surface area contributed by atoms with Gasteiger partial charge in [0.05, 0.1) is 6.61 Å². The molecule has 0 aliphatic carbocycles. The Bertz CT molecular complexity index is 554. The van der Waals surface area contributed by atoms with Crippen molar-refractivity contribution in [3.05, 3.63) is 42.0 Å². The summed E-state index contributed by atoms with van der Waals surface area (Å²) in [6.07, 6.45) is 1.53. The number of aliphatic carboxylic acids is 2. The van der Waals surface area contributed by atoms with Crippen molar-refractivity contribution in [3.63, 3.8) is 0 Å². The first-order chi connectivity index (χ1) is 12.7. The molecule has 0 heterocycles. The maximum atomic E-state index is 9.73. The number of ether oxygens (including phenoxy) is 2. The summed E-state index contributed by atoms with van der Waals surface area (Å²) in [6, 6.07) is 8.26. The number of hydrogen-bond acceptors (Lipinski definition) is 6. The molecule has 1 aromatic rings. The van der Waals surface area contributed by atoms with Gasteiger partial charge in [0, 0.05) is 31.8 Å². The third kappa shape index (κ3) is 15.5. The fourth-order valence-corrected chi connectivity index (χ4v) is 1.74. The van der Waals surface area contributed by atoms with Crippen molar-refractivity contribution >= 4 is 11.9 Å². The Morgan fingerprint density at radius 1 is 1.11 bits per heavy atom. The number of aliphatic hydroxyl groups excluding tert-OH is 1. The Kier molecular flexibility index (Phi) is 13.4. The van der Waals surface area contributed by atoms with E-state index in [0.717, 1.165) is 18.8 Å². The lowest BCUT2D eigenvalue weighted by Gasteiger charge is -2.15. The molecule has 1 atom stereocenters. The molecule has 0 fully saturated rings. The van der Waals surface area contributed by atoms with Crippen LogP contribution in [0.5, 0.6) is 5.75 Å². The van der Waals surface area contributed by atoms with Gasteiger partial charge in [-0.15, -0.1) is 0 Å². The summed E-state index contributed by atoms with van der Waals surface area (Å²) in [6.45, 7) is 5.67. The first-order valence-corrected chi connectivity index (χ1v) is 8.50. The summed E-state index contributed by atoms with van der Waals surface area (Å²) >= 11 is 0. The van der Waals surface area contributed by atoms with Gasteiger partial charge in [-0.1, -0.05) is 26.0 Å². The quantitative estimate of drug-likeness (QED) is 0.422. The minimum Gasteiger partial charge on any atom is -0.491 e. The number of benzene rings is 1. The topological polar surface area (TPSA) is 125 Å². The first-order valence-electron chi connectivity index (χ1n) is 8.50. The molecule has 0 amide bonds. The van der Waals surface area contributed by atoms with Gasteiger partial charge >= 0.3 is 11.9 Å². The van der Waals surface area contributed by atoms with Crippen LogP contribution in [0.3, 0.4) is 0 Å². The molecule has 8 nitrogen and oxygen atoms in total. The average Bonchev–Trinajstić information content (AvgIpc) is 2.62. The zero-order valence-electron chi connectivity index (χ0n) is 15.9. The highest BCUT2D eigenvalue weighted by Gasteiger charge is 2.06. The lowest BCUT2D eigenvalue weighted by molar-refractivity contribution is -0.134. The van der Waals surface area contributed by atoms with Gasteiger partial charge in [0.2, 0.25) is 0 Å². The fraction of sp³-hybridized carbons (Fsp3) is 0.474. The van der Waals surface area contributed by atoms with E-state index in [1.807, 2.05) is 38.1 Å². The number of carboxylic acid groups (broad SMARTS) is 2. The summed E-state index contributed by atoms with van der Waals surface area (Å²) in [7, 11) is 1.70. The molecule has 0 radical (unpaired) electrons. The molecule has 0 aliphatic heterocycles. The van der Waals surface area contributed by atoms with Crippen LogP contribution in [0.4, 0.5) is 0 Å². The van der Waals surface area contributed by atoms with E-state index in [0.29, 0.717) is 31.3 Å². The average molecular weight is 383 g/mol. The smallest absolute Gasteiger partial charge is 0.328 e. The lowest BCUT2D eigenvalue weighted by Crippen LogP contribution is -2.35. The minimum absolute atomic E-state index is 0.303. The van der Waals surface area contributed by atoms with Crippen LogP contribution in [0, 0.1) is 0 Å². The van der Waals surface area contributed by atoms with Gasteiger partial charge < -0.3 is 30.1 Å². The molecule has 0 bridgehead atoms. The van der Waals surface area contributed by atoms with Gasteiger partial charge in [-0.3, -0.25) is 0 Å². The van der Waals surface area contributed by atoms with Crippen molar-refractivity contribution in [2.45, 2.75) is 32.4 Å². The molecule has 0 aromatic heterocycles. The van der Waals surface area contributed by atoms with Crippen LogP contribution < -0.4 is 10.1 Å². The lowest BCUT2D eigenvalue weighted by atomic mass is 10.1. The fourth-order valence-electron chi connectivity index (χ4n) is 1.74. The zero-order chi connectivity index (χ0) is 20.7. The van der Waals surface area contributed by atoms with Crippen LogP contribution in [0.15, 0.2) is 36.4 Å². The van der Waals surface area contributed by atoms with Gasteiger partial charge in [-0.25, -0.2) is 9.59 Å². The highest BCUT2D eigenvalue weighted by atomic mass is 16.5. The van der Waals surface area contributed by atoms with E-state index in [1.165, 1.54) is 5.56 Å². The normalized spacial score (nSPS) is 11.7. The monoisotopic (exact) mass is 383 g/mol. The van der Waals surface area contributed by atoms with E-state index in [4.69, 9.17) is 19.7 Å². The number of methoxy groups -OCH3 is 1.